The molecule has 0 spiro atoms. The van der Waals surface area contributed by atoms with Gasteiger partial charge in [0.1, 0.15) is 5.75 Å². The Bertz CT molecular complexity index is 293. The first-order chi connectivity index (χ1) is 7.34. The number of rotatable bonds is 6. The maximum absolute atomic E-state index is 5.56. The van der Waals surface area contributed by atoms with Gasteiger partial charge < -0.3 is 10.1 Å². The van der Waals surface area contributed by atoms with Gasteiger partial charge >= 0.3 is 0 Å². The van der Waals surface area contributed by atoms with Gasteiger partial charge in [-0.05, 0) is 44.9 Å². The van der Waals surface area contributed by atoms with E-state index in [-0.39, 0.29) is 0 Å². The van der Waals surface area contributed by atoms with Gasteiger partial charge in [-0.3, -0.25) is 4.98 Å². The molecule has 1 heterocycles. The summed E-state index contributed by atoms with van der Waals surface area (Å²) in [6.07, 6.45) is 5.54. The molecule has 1 aromatic rings. The summed E-state index contributed by atoms with van der Waals surface area (Å²) in [6.45, 7) is 3.80. The second-order valence-corrected chi connectivity index (χ2v) is 4.07. The van der Waals surface area contributed by atoms with E-state index in [0.29, 0.717) is 0 Å². The average molecular weight is 206 g/mol. The van der Waals surface area contributed by atoms with Crippen LogP contribution >= 0.6 is 0 Å². The number of aryl methyl sites for hydroxylation is 1. The van der Waals surface area contributed by atoms with Gasteiger partial charge in [0.2, 0.25) is 0 Å². The van der Waals surface area contributed by atoms with Crippen molar-refractivity contribution in [3.63, 3.8) is 0 Å². The zero-order valence-corrected chi connectivity index (χ0v) is 9.20. The van der Waals surface area contributed by atoms with Crippen molar-refractivity contribution in [1.29, 1.82) is 0 Å². The fourth-order valence-electron chi connectivity index (χ4n) is 1.40. The van der Waals surface area contributed by atoms with E-state index in [2.05, 4.69) is 10.3 Å². The van der Waals surface area contributed by atoms with Crippen LogP contribution in [-0.2, 0) is 0 Å². The van der Waals surface area contributed by atoms with Crippen molar-refractivity contribution in [2.45, 2.75) is 32.2 Å². The molecule has 82 valence electrons. The van der Waals surface area contributed by atoms with E-state index in [1.165, 1.54) is 12.8 Å². The molecule has 1 aliphatic carbocycles. The summed E-state index contributed by atoms with van der Waals surface area (Å²) in [5, 5.41) is 3.46. The fraction of sp³-hybridized carbons (Fsp3) is 0.583. The van der Waals surface area contributed by atoms with Crippen LogP contribution in [0.4, 0.5) is 0 Å². The van der Waals surface area contributed by atoms with Gasteiger partial charge in [-0.25, -0.2) is 0 Å². The highest BCUT2D eigenvalue weighted by Gasteiger charge is 2.19. The summed E-state index contributed by atoms with van der Waals surface area (Å²) in [5.74, 6) is 0.868. The first-order valence-corrected chi connectivity index (χ1v) is 5.63. The zero-order chi connectivity index (χ0) is 10.5. The van der Waals surface area contributed by atoms with Crippen LogP contribution in [0, 0.1) is 6.92 Å². The molecule has 0 atom stereocenters. The first kappa shape index (κ1) is 10.4. The van der Waals surface area contributed by atoms with Crippen molar-refractivity contribution < 1.29 is 4.74 Å². The largest absolute Gasteiger partial charge is 0.492 e. The van der Waals surface area contributed by atoms with Crippen LogP contribution in [0.1, 0.15) is 25.0 Å². The van der Waals surface area contributed by atoms with Crippen LogP contribution in [0.15, 0.2) is 18.3 Å². The average Bonchev–Trinajstić information content (AvgIpc) is 3.04. The van der Waals surface area contributed by atoms with Crippen molar-refractivity contribution in [3.05, 3.63) is 24.0 Å². The highest BCUT2D eigenvalue weighted by molar-refractivity contribution is 5.18. The first-order valence-electron chi connectivity index (χ1n) is 5.63. The third kappa shape index (κ3) is 3.88. The quantitative estimate of drug-likeness (QED) is 0.722. The maximum atomic E-state index is 5.56. The molecule has 3 nitrogen and oxygen atoms in total. The molecule has 0 radical (unpaired) electrons. The molecule has 1 aliphatic rings. The van der Waals surface area contributed by atoms with Crippen molar-refractivity contribution in [2.24, 2.45) is 0 Å². The van der Waals surface area contributed by atoms with Gasteiger partial charge in [-0.2, -0.15) is 0 Å². The van der Waals surface area contributed by atoms with Crippen LogP contribution in [-0.4, -0.2) is 24.2 Å². The van der Waals surface area contributed by atoms with Gasteiger partial charge in [-0.1, -0.05) is 0 Å². The molecule has 1 N–H and O–H groups in total. The van der Waals surface area contributed by atoms with Crippen LogP contribution in [0.5, 0.6) is 5.75 Å². The van der Waals surface area contributed by atoms with E-state index >= 15 is 0 Å². The van der Waals surface area contributed by atoms with E-state index in [4.69, 9.17) is 4.74 Å². The number of nitrogens with one attached hydrogen (secondary N) is 1. The van der Waals surface area contributed by atoms with Gasteiger partial charge in [0.15, 0.2) is 0 Å². The van der Waals surface area contributed by atoms with Crippen molar-refractivity contribution in [1.82, 2.24) is 10.3 Å². The lowest BCUT2D eigenvalue weighted by Gasteiger charge is -2.06. The van der Waals surface area contributed by atoms with E-state index < -0.39 is 0 Å². The number of hydrogen-bond donors (Lipinski definition) is 1. The van der Waals surface area contributed by atoms with Gasteiger partial charge in [-0.15, -0.1) is 0 Å². The van der Waals surface area contributed by atoms with Crippen molar-refractivity contribution in [3.8, 4) is 5.75 Å². The molecule has 3 heteroatoms. The van der Waals surface area contributed by atoms with Crippen molar-refractivity contribution in [2.75, 3.05) is 13.2 Å². The normalized spacial score (nSPS) is 15.3. The second-order valence-electron chi connectivity index (χ2n) is 4.07. The maximum Gasteiger partial charge on any atom is 0.137 e. The number of ether oxygens (including phenoxy) is 1. The van der Waals surface area contributed by atoms with Crippen LogP contribution < -0.4 is 10.1 Å². The minimum absolute atomic E-state index is 0.768. The Morgan fingerprint density at radius 2 is 2.33 bits per heavy atom. The third-order valence-corrected chi connectivity index (χ3v) is 2.48. The lowest BCUT2D eigenvalue weighted by atomic mass is 10.4. The predicted molar refractivity (Wildman–Crippen MR) is 60.1 cm³/mol. The van der Waals surface area contributed by atoms with E-state index in [9.17, 15) is 0 Å². The van der Waals surface area contributed by atoms with Gasteiger partial charge in [0.25, 0.3) is 0 Å². The van der Waals surface area contributed by atoms with E-state index in [1.807, 2.05) is 19.1 Å². The number of nitrogens with zero attached hydrogens (tertiary/aromatic N) is 1. The lowest BCUT2D eigenvalue weighted by molar-refractivity contribution is 0.306. The molecule has 2 rings (SSSR count). The highest BCUT2D eigenvalue weighted by atomic mass is 16.5. The Balaban J connectivity index is 1.58. The summed E-state index contributed by atoms with van der Waals surface area (Å²) in [5.41, 5.74) is 1.03. The van der Waals surface area contributed by atoms with Crippen LogP contribution in [0.25, 0.3) is 0 Å². The van der Waals surface area contributed by atoms with Crippen LogP contribution in [0.2, 0.25) is 0 Å². The molecule has 1 aromatic heterocycles. The highest BCUT2D eigenvalue weighted by Crippen LogP contribution is 2.18. The SMILES string of the molecule is Cc1ccc(OCCCNC2CC2)cn1. The standard InChI is InChI=1S/C12H18N2O/c1-10-3-6-12(9-14-10)15-8-2-7-13-11-4-5-11/h3,6,9,11,13H,2,4-5,7-8H2,1H3. The van der Waals surface area contributed by atoms with E-state index in [0.717, 1.165) is 37.1 Å². The molecule has 0 unspecified atom stereocenters. The Hall–Kier alpha value is -1.09. The molecule has 1 saturated carbocycles. The summed E-state index contributed by atoms with van der Waals surface area (Å²) >= 11 is 0. The minimum atomic E-state index is 0.768. The van der Waals surface area contributed by atoms with Gasteiger partial charge in [0.05, 0.1) is 12.8 Å². The Labute approximate surface area is 90.9 Å². The Morgan fingerprint density at radius 3 is 3.00 bits per heavy atom. The van der Waals surface area contributed by atoms with Gasteiger partial charge in [0, 0.05) is 11.7 Å². The molecule has 0 amide bonds. The number of aromatic nitrogens is 1. The molecule has 0 bridgehead atoms. The second kappa shape index (κ2) is 5.12. The smallest absolute Gasteiger partial charge is 0.137 e. The summed E-state index contributed by atoms with van der Waals surface area (Å²) < 4.78 is 5.56. The molecule has 0 aliphatic heterocycles. The molecular weight excluding hydrogens is 188 g/mol. The van der Waals surface area contributed by atoms with Crippen molar-refractivity contribution >= 4 is 0 Å². The number of pyridine rings is 1. The summed E-state index contributed by atoms with van der Waals surface area (Å²) in [6, 6.07) is 4.74. The predicted octanol–water partition coefficient (Wildman–Crippen LogP) is 1.91. The zero-order valence-electron chi connectivity index (χ0n) is 9.20. The minimum Gasteiger partial charge on any atom is -0.492 e. The molecular formula is C12H18N2O. The lowest BCUT2D eigenvalue weighted by Crippen LogP contribution is -2.19. The third-order valence-electron chi connectivity index (χ3n) is 2.48. The fourth-order valence-corrected chi connectivity index (χ4v) is 1.40. The van der Waals surface area contributed by atoms with Crippen LogP contribution in [0.3, 0.4) is 0 Å². The monoisotopic (exact) mass is 206 g/mol. The van der Waals surface area contributed by atoms with E-state index in [1.54, 1.807) is 6.20 Å². The molecule has 1 fully saturated rings. The topological polar surface area (TPSA) is 34.1 Å². The summed E-state index contributed by atoms with van der Waals surface area (Å²) in [7, 11) is 0. The Morgan fingerprint density at radius 1 is 1.47 bits per heavy atom. The molecule has 15 heavy (non-hydrogen) atoms. The number of hydrogen-bond acceptors (Lipinski definition) is 3. The molecule has 0 aromatic carbocycles. The Kier molecular flexibility index (Phi) is 3.56. The summed E-state index contributed by atoms with van der Waals surface area (Å²) in [4.78, 5) is 4.18. The molecule has 0 saturated heterocycles.